The van der Waals surface area contributed by atoms with E-state index in [0.717, 1.165) is 30.4 Å². The van der Waals surface area contributed by atoms with Gasteiger partial charge < -0.3 is 14.8 Å². The van der Waals surface area contributed by atoms with Crippen LogP contribution in [0.15, 0.2) is 16.5 Å². The van der Waals surface area contributed by atoms with Crippen molar-refractivity contribution in [1.82, 2.24) is 5.32 Å². The third-order valence-electron chi connectivity index (χ3n) is 4.50. The van der Waals surface area contributed by atoms with Crippen LogP contribution in [0.3, 0.4) is 0 Å². The minimum atomic E-state index is -0.504. The second-order valence-corrected chi connectivity index (χ2v) is 6.19. The van der Waals surface area contributed by atoms with Gasteiger partial charge in [-0.3, -0.25) is 0 Å². The Hall–Kier alpha value is -0.800. The van der Waals surface area contributed by atoms with Gasteiger partial charge in [0.2, 0.25) is 0 Å². The average molecular weight is 249 g/mol. The molecule has 1 aliphatic carbocycles. The fraction of sp³-hybridized carbons (Fsp3) is 0.733. The fourth-order valence-electron chi connectivity index (χ4n) is 3.03. The summed E-state index contributed by atoms with van der Waals surface area (Å²) in [5.74, 6) is 3.80. The fourth-order valence-corrected chi connectivity index (χ4v) is 3.03. The molecular formula is C15H23NO2. The molecule has 5 atom stereocenters. The van der Waals surface area contributed by atoms with E-state index >= 15 is 0 Å². The first-order chi connectivity index (χ1) is 8.65. The van der Waals surface area contributed by atoms with E-state index < -0.39 is 6.10 Å². The standard InChI is InChI=1S/C15H23NO2/c1-9-5-6-16-12(7-9)15(17)14-4-3-13(18-14)11-8-10(11)2/h3-4,9-12,15-17H,5-8H2,1-2H3. The number of hydrogen-bond acceptors (Lipinski definition) is 3. The van der Waals surface area contributed by atoms with Gasteiger partial charge in [0, 0.05) is 12.0 Å². The van der Waals surface area contributed by atoms with Crippen molar-refractivity contribution < 1.29 is 9.52 Å². The van der Waals surface area contributed by atoms with Crippen LogP contribution in [0.1, 0.15) is 56.7 Å². The molecule has 2 aliphatic rings. The van der Waals surface area contributed by atoms with Crippen LogP contribution in [-0.4, -0.2) is 17.7 Å². The van der Waals surface area contributed by atoms with Crippen molar-refractivity contribution in [3.05, 3.63) is 23.7 Å². The van der Waals surface area contributed by atoms with E-state index in [1.165, 1.54) is 12.8 Å². The summed E-state index contributed by atoms with van der Waals surface area (Å²) in [6.45, 7) is 5.49. The van der Waals surface area contributed by atoms with E-state index in [0.29, 0.717) is 11.8 Å². The smallest absolute Gasteiger partial charge is 0.134 e. The van der Waals surface area contributed by atoms with Gasteiger partial charge in [0.25, 0.3) is 0 Å². The molecule has 2 heterocycles. The number of furan rings is 1. The lowest BCUT2D eigenvalue weighted by atomic mass is 9.90. The minimum absolute atomic E-state index is 0.143. The molecule has 1 saturated carbocycles. The highest BCUT2D eigenvalue weighted by molar-refractivity contribution is 5.19. The van der Waals surface area contributed by atoms with Crippen molar-refractivity contribution in [1.29, 1.82) is 0 Å². The molecule has 2 fully saturated rings. The molecule has 3 rings (SSSR count). The molecule has 0 bridgehead atoms. The van der Waals surface area contributed by atoms with Crippen LogP contribution in [0.25, 0.3) is 0 Å². The molecular weight excluding hydrogens is 226 g/mol. The number of nitrogens with one attached hydrogen (secondary N) is 1. The number of aliphatic hydroxyl groups excluding tert-OH is 1. The van der Waals surface area contributed by atoms with Crippen LogP contribution in [0, 0.1) is 11.8 Å². The summed E-state index contributed by atoms with van der Waals surface area (Å²) in [4.78, 5) is 0. The Morgan fingerprint density at radius 3 is 2.78 bits per heavy atom. The molecule has 1 aliphatic heterocycles. The maximum absolute atomic E-state index is 10.4. The Labute approximate surface area is 109 Å². The van der Waals surface area contributed by atoms with Crippen LogP contribution >= 0.6 is 0 Å². The molecule has 0 spiro atoms. The molecule has 2 N–H and O–H groups in total. The highest BCUT2D eigenvalue weighted by atomic mass is 16.4. The van der Waals surface area contributed by atoms with Gasteiger partial charge >= 0.3 is 0 Å². The monoisotopic (exact) mass is 249 g/mol. The van der Waals surface area contributed by atoms with E-state index in [9.17, 15) is 5.11 Å². The lowest BCUT2D eigenvalue weighted by Crippen LogP contribution is -2.41. The Morgan fingerprint density at radius 1 is 1.33 bits per heavy atom. The molecule has 1 aromatic rings. The van der Waals surface area contributed by atoms with Gasteiger partial charge in [-0.05, 0) is 49.8 Å². The Bertz CT molecular complexity index is 414. The summed E-state index contributed by atoms with van der Waals surface area (Å²) in [5.41, 5.74) is 0. The van der Waals surface area contributed by atoms with E-state index in [1.807, 2.05) is 12.1 Å². The van der Waals surface area contributed by atoms with Gasteiger partial charge in [-0.1, -0.05) is 13.8 Å². The summed E-state index contributed by atoms with van der Waals surface area (Å²) < 4.78 is 5.84. The first kappa shape index (κ1) is 12.2. The summed E-state index contributed by atoms with van der Waals surface area (Å²) in [6, 6.07) is 4.13. The van der Waals surface area contributed by atoms with Gasteiger partial charge in [0.05, 0.1) is 0 Å². The number of piperidine rings is 1. The van der Waals surface area contributed by atoms with E-state index in [-0.39, 0.29) is 6.04 Å². The normalized spacial score (nSPS) is 37.5. The predicted molar refractivity (Wildman–Crippen MR) is 70.4 cm³/mol. The Balaban J connectivity index is 1.67. The number of rotatable bonds is 3. The van der Waals surface area contributed by atoms with Crippen molar-refractivity contribution in [2.75, 3.05) is 6.54 Å². The third-order valence-corrected chi connectivity index (χ3v) is 4.50. The predicted octanol–water partition coefficient (Wildman–Crippen LogP) is 2.82. The topological polar surface area (TPSA) is 45.4 Å². The van der Waals surface area contributed by atoms with Crippen LogP contribution in [0.5, 0.6) is 0 Å². The van der Waals surface area contributed by atoms with E-state index in [1.54, 1.807) is 0 Å². The van der Waals surface area contributed by atoms with Crippen molar-refractivity contribution in [3.8, 4) is 0 Å². The average Bonchev–Trinajstić information content (AvgIpc) is 2.91. The van der Waals surface area contributed by atoms with Crippen molar-refractivity contribution in [2.45, 2.75) is 51.2 Å². The molecule has 3 nitrogen and oxygen atoms in total. The minimum Gasteiger partial charge on any atom is -0.463 e. The summed E-state index contributed by atoms with van der Waals surface area (Å²) in [6.07, 6.45) is 2.95. The first-order valence-corrected chi connectivity index (χ1v) is 7.16. The van der Waals surface area contributed by atoms with E-state index in [2.05, 4.69) is 19.2 Å². The van der Waals surface area contributed by atoms with E-state index in [4.69, 9.17) is 4.42 Å². The molecule has 0 radical (unpaired) electrons. The zero-order chi connectivity index (χ0) is 12.7. The van der Waals surface area contributed by atoms with Crippen LogP contribution < -0.4 is 5.32 Å². The molecule has 5 unspecified atom stereocenters. The zero-order valence-electron chi connectivity index (χ0n) is 11.2. The molecule has 18 heavy (non-hydrogen) atoms. The summed E-state index contributed by atoms with van der Waals surface area (Å²) in [7, 11) is 0. The third kappa shape index (κ3) is 2.34. The Kier molecular flexibility index (Phi) is 3.20. The van der Waals surface area contributed by atoms with Gasteiger partial charge in [-0.15, -0.1) is 0 Å². The molecule has 0 aromatic carbocycles. The maximum Gasteiger partial charge on any atom is 0.134 e. The van der Waals surface area contributed by atoms with Crippen LogP contribution in [-0.2, 0) is 0 Å². The molecule has 0 amide bonds. The number of aliphatic hydroxyl groups is 1. The highest BCUT2D eigenvalue weighted by Crippen LogP contribution is 2.47. The van der Waals surface area contributed by atoms with Gasteiger partial charge in [-0.2, -0.15) is 0 Å². The van der Waals surface area contributed by atoms with Gasteiger partial charge in [-0.25, -0.2) is 0 Å². The molecule has 1 aromatic heterocycles. The first-order valence-electron chi connectivity index (χ1n) is 7.16. The SMILES string of the molecule is CC1CCNC(C(O)c2ccc(C3CC3C)o2)C1. The maximum atomic E-state index is 10.4. The van der Waals surface area contributed by atoms with Crippen LogP contribution in [0.4, 0.5) is 0 Å². The highest BCUT2D eigenvalue weighted by Gasteiger charge is 2.37. The van der Waals surface area contributed by atoms with Crippen molar-refractivity contribution >= 4 is 0 Å². The lowest BCUT2D eigenvalue weighted by Gasteiger charge is -2.30. The van der Waals surface area contributed by atoms with Crippen LogP contribution in [0.2, 0.25) is 0 Å². The summed E-state index contributed by atoms with van der Waals surface area (Å²) in [5, 5.41) is 13.8. The van der Waals surface area contributed by atoms with Gasteiger partial charge in [0.1, 0.15) is 17.6 Å². The second-order valence-electron chi connectivity index (χ2n) is 6.19. The molecule has 3 heteroatoms. The quantitative estimate of drug-likeness (QED) is 0.866. The second kappa shape index (κ2) is 4.71. The summed E-state index contributed by atoms with van der Waals surface area (Å²) >= 11 is 0. The zero-order valence-corrected chi connectivity index (χ0v) is 11.2. The van der Waals surface area contributed by atoms with Gasteiger partial charge in [0.15, 0.2) is 0 Å². The molecule has 1 saturated heterocycles. The largest absolute Gasteiger partial charge is 0.463 e. The van der Waals surface area contributed by atoms with Crippen molar-refractivity contribution in [2.24, 2.45) is 11.8 Å². The molecule has 100 valence electrons. The van der Waals surface area contributed by atoms with Crippen molar-refractivity contribution in [3.63, 3.8) is 0 Å². The lowest BCUT2D eigenvalue weighted by molar-refractivity contribution is 0.0809. The Morgan fingerprint density at radius 2 is 2.11 bits per heavy atom. The number of hydrogen-bond donors (Lipinski definition) is 2.